The summed E-state index contributed by atoms with van der Waals surface area (Å²) in [6.45, 7) is 0.705. The van der Waals surface area contributed by atoms with E-state index in [9.17, 15) is 0 Å². The molecule has 1 aromatic rings. The molecule has 7 nitrogen and oxygen atoms in total. The van der Waals surface area contributed by atoms with E-state index in [2.05, 4.69) is 26.8 Å². The molecule has 0 unspecified atom stereocenters. The standard InChI is InChI=1S/C9H8O.C2H6N6/c1-2-6-9-8(4-1)5-3-7-10-9;1-4-6-8(3)7-5-2/h1-6H,7H2;1-2H3. The van der Waals surface area contributed by atoms with Crippen LogP contribution in [0, 0.1) is 0 Å². The lowest BCUT2D eigenvalue weighted by atomic mass is 10.1. The molecule has 0 amide bonds. The van der Waals surface area contributed by atoms with Crippen molar-refractivity contribution >= 4 is 6.08 Å². The number of hydrogen-bond donors (Lipinski definition) is 0. The Balaban J connectivity index is 0.000000187. The summed E-state index contributed by atoms with van der Waals surface area (Å²) < 4.78 is 5.34. The number of rotatable bonds is 2. The van der Waals surface area contributed by atoms with Crippen LogP contribution in [0.25, 0.3) is 11.6 Å². The molecule has 0 aliphatic carbocycles. The first-order valence-electron chi connectivity index (χ1n) is 5.24. The van der Waals surface area contributed by atoms with Gasteiger partial charge in [-0.25, -0.2) is 0 Å². The molecule has 0 fully saturated rings. The summed E-state index contributed by atoms with van der Waals surface area (Å²) in [4.78, 5) is 0.278. The first-order valence-corrected chi connectivity index (χ1v) is 5.24. The number of para-hydroxylation sites is 1. The molecule has 0 radical (unpaired) electrons. The molecule has 0 saturated heterocycles. The summed E-state index contributed by atoms with van der Waals surface area (Å²) >= 11 is 0. The summed E-state index contributed by atoms with van der Waals surface area (Å²) in [6, 6.07) is 8.03. The van der Waals surface area contributed by atoms with Crippen molar-refractivity contribution in [2.45, 2.75) is 0 Å². The van der Waals surface area contributed by atoms with Crippen molar-refractivity contribution in [1.29, 1.82) is 0 Å². The van der Waals surface area contributed by atoms with Gasteiger partial charge in [-0.3, -0.25) is 0 Å². The Hall–Kier alpha value is -2.44. The van der Waals surface area contributed by atoms with Crippen LogP contribution in [-0.2, 0) is 0 Å². The zero-order valence-corrected chi connectivity index (χ0v) is 10.3. The van der Waals surface area contributed by atoms with Crippen LogP contribution in [-0.4, -0.2) is 25.6 Å². The highest BCUT2D eigenvalue weighted by atomic mass is 16.5. The minimum atomic E-state index is 0.278. The van der Waals surface area contributed by atoms with Crippen molar-refractivity contribution in [3.05, 3.63) is 41.4 Å². The molecule has 0 aromatic heterocycles. The van der Waals surface area contributed by atoms with Crippen molar-refractivity contribution in [3.8, 4) is 5.75 Å². The van der Waals surface area contributed by atoms with Gasteiger partial charge < -0.3 is 4.74 Å². The third-order valence-electron chi connectivity index (χ3n) is 1.89. The highest BCUT2D eigenvalue weighted by Gasteiger charge is 2.01. The minimum Gasteiger partial charge on any atom is -0.489 e. The monoisotopic (exact) mass is 246 g/mol. The van der Waals surface area contributed by atoms with Crippen LogP contribution in [0.15, 0.2) is 51.0 Å². The normalized spacial score (nSPS) is 12.8. The maximum absolute atomic E-state index is 8.36. The molecular weight excluding hydrogens is 232 g/mol. The lowest BCUT2D eigenvalue weighted by molar-refractivity contribution is -0.576. The maximum atomic E-state index is 8.36. The topological polar surface area (TPSA) is 84.0 Å². The Morgan fingerprint density at radius 2 is 1.83 bits per heavy atom. The molecule has 0 saturated carbocycles. The van der Waals surface area contributed by atoms with Crippen molar-refractivity contribution < 1.29 is 9.65 Å². The van der Waals surface area contributed by atoms with Crippen LogP contribution in [0.4, 0.5) is 0 Å². The lowest BCUT2D eigenvalue weighted by Crippen LogP contribution is -1.98. The molecular formula is C11H14N6O. The number of fused-ring (bicyclic) bond motifs is 1. The Labute approximate surface area is 105 Å². The van der Waals surface area contributed by atoms with Crippen molar-refractivity contribution in [2.24, 2.45) is 20.7 Å². The Morgan fingerprint density at radius 3 is 2.44 bits per heavy atom. The number of ether oxygens (including phenoxy) is 1. The van der Waals surface area contributed by atoms with E-state index in [0.29, 0.717) is 6.61 Å². The van der Waals surface area contributed by atoms with Gasteiger partial charge in [-0.05, 0) is 12.1 Å². The third kappa shape index (κ3) is 4.60. The van der Waals surface area contributed by atoms with Gasteiger partial charge in [0, 0.05) is 5.56 Å². The second-order valence-corrected chi connectivity index (χ2v) is 3.10. The molecule has 1 aliphatic rings. The molecule has 7 heteroatoms. The average molecular weight is 246 g/mol. The first kappa shape index (κ1) is 13.6. The van der Waals surface area contributed by atoms with Crippen LogP contribution >= 0.6 is 0 Å². The molecule has 0 bridgehead atoms. The second kappa shape index (κ2) is 7.77. The quantitative estimate of drug-likeness (QED) is 0.448. The van der Waals surface area contributed by atoms with Gasteiger partial charge in [-0.2, -0.15) is 5.53 Å². The van der Waals surface area contributed by atoms with E-state index in [0.717, 1.165) is 5.75 Å². The second-order valence-electron chi connectivity index (χ2n) is 3.10. The number of hydrogen-bond acceptors (Lipinski definition) is 3. The van der Waals surface area contributed by atoms with E-state index < -0.39 is 0 Å². The van der Waals surface area contributed by atoms with Gasteiger partial charge in [0.2, 0.25) is 0 Å². The van der Waals surface area contributed by atoms with Gasteiger partial charge in [-0.1, -0.05) is 34.7 Å². The van der Waals surface area contributed by atoms with Crippen LogP contribution in [0.5, 0.6) is 5.75 Å². The van der Waals surface area contributed by atoms with Crippen molar-refractivity contribution in [3.63, 3.8) is 0 Å². The predicted octanol–water partition coefficient (Wildman–Crippen LogP) is 3.11. The smallest absolute Gasteiger partial charge is 0.126 e. The Kier molecular flexibility index (Phi) is 5.88. The largest absolute Gasteiger partial charge is 0.489 e. The fraction of sp³-hybridized carbons (Fsp3) is 0.273. The van der Waals surface area contributed by atoms with Gasteiger partial charge in [0.15, 0.2) is 0 Å². The van der Waals surface area contributed by atoms with Crippen molar-refractivity contribution in [1.82, 2.24) is 0 Å². The van der Waals surface area contributed by atoms with E-state index in [1.54, 1.807) is 0 Å². The molecule has 1 heterocycles. The summed E-state index contributed by atoms with van der Waals surface area (Å²) in [5, 5.41) is 12.5. The SMILES string of the molecule is C1=Cc2ccccc2OC1.CN=N[N+](=[N-])N=NC. The average Bonchev–Trinajstić information content (AvgIpc) is 2.40. The number of benzene rings is 1. The molecule has 1 aliphatic heterocycles. The van der Waals surface area contributed by atoms with E-state index in [1.165, 1.54) is 19.7 Å². The third-order valence-corrected chi connectivity index (χ3v) is 1.89. The fourth-order valence-electron chi connectivity index (χ4n) is 1.24. The molecule has 0 spiro atoms. The highest BCUT2D eigenvalue weighted by molar-refractivity contribution is 5.58. The molecule has 2 rings (SSSR count). The fourth-order valence-corrected chi connectivity index (χ4v) is 1.24. The molecule has 1 aromatic carbocycles. The van der Waals surface area contributed by atoms with E-state index in [1.807, 2.05) is 30.3 Å². The van der Waals surface area contributed by atoms with Gasteiger partial charge in [-0.15, -0.1) is 15.1 Å². The Morgan fingerprint density at radius 1 is 1.17 bits per heavy atom. The van der Waals surface area contributed by atoms with E-state index >= 15 is 0 Å². The molecule has 0 N–H and O–H groups in total. The highest BCUT2D eigenvalue weighted by Crippen LogP contribution is 2.21. The van der Waals surface area contributed by atoms with Gasteiger partial charge >= 0.3 is 0 Å². The molecule has 0 atom stereocenters. The van der Waals surface area contributed by atoms with Gasteiger partial charge in [0.25, 0.3) is 0 Å². The Bertz CT molecular complexity index is 466. The number of nitrogens with zero attached hydrogens (tertiary/aromatic N) is 6. The summed E-state index contributed by atoms with van der Waals surface area (Å²) in [5.74, 6) is 0.991. The summed E-state index contributed by atoms with van der Waals surface area (Å²) in [7, 11) is 2.82. The maximum Gasteiger partial charge on any atom is 0.126 e. The molecule has 94 valence electrons. The first-order chi connectivity index (χ1) is 8.77. The molecule has 18 heavy (non-hydrogen) atoms. The van der Waals surface area contributed by atoms with Crippen molar-refractivity contribution in [2.75, 3.05) is 20.7 Å². The van der Waals surface area contributed by atoms with E-state index in [4.69, 9.17) is 10.3 Å². The van der Waals surface area contributed by atoms with Crippen LogP contribution in [0.1, 0.15) is 5.56 Å². The zero-order chi connectivity index (χ0) is 13.2. The van der Waals surface area contributed by atoms with Gasteiger partial charge in [0.1, 0.15) is 12.4 Å². The van der Waals surface area contributed by atoms with Gasteiger partial charge in [0.05, 0.1) is 14.1 Å². The predicted molar refractivity (Wildman–Crippen MR) is 66.2 cm³/mol. The van der Waals surface area contributed by atoms with Crippen LogP contribution in [0.3, 0.4) is 0 Å². The summed E-state index contributed by atoms with van der Waals surface area (Å²) in [6.07, 6.45) is 4.10. The van der Waals surface area contributed by atoms with Crippen LogP contribution < -0.4 is 4.74 Å². The van der Waals surface area contributed by atoms with E-state index in [-0.39, 0.29) is 4.92 Å². The van der Waals surface area contributed by atoms with Crippen LogP contribution in [0.2, 0.25) is 0 Å². The zero-order valence-electron chi connectivity index (χ0n) is 10.3. The summed E-state index contributed by atoms with van der Waals surface area (Å²) in [5.41, 5.74) is 9.54. The minimum absolute atomic E-state index is 0.278. The lowest BCUT2D eigenvalue weighted by Gasteiger charge is -2.10.